The number of carbonyl (C=O) groups excluding carboxylic acids is 1. The van der Waals surface area contributed by atoms with E-state index in [4.69, 9.17) is 5.73 Å². The third kappa shape index (κ3) is 3.79. The molecule has 3 rings (SSSR count). The van der Waals surface area contributed by atoms with Crippen LogP contribution in [0.15, 0.2) is 24.3 Å². The molecule has 0 aliphatic heterocycles. The van der Waals surface area contributed by atoms with Gasteiger partial charge >= 0.3 is 0 Å². The van der Waals surface area contributed by atoms with Gasteiger partial charge in [0.05, 0.1) is 6.04 Å². The van der Waals surface area contributed by atoms with Gasteiger partial charge in [-0.1, -0.05) is 18.6 Å². The zero-order valence-corrected chi connectivity index (χ0v) is 13.4. The van der Waals surface area contributed by atoms with E-state index in [0.717, 1.165) is 37.7 Å². The van der Waals surface area contributed by atoms with Crippen molar-refractivity contribution in [3.8, 4) is 0 Å². The summed E-state index contributed by atoms with van der Waals surface area (Å²) in [5.41, 5.74) is 6.91. The van der Waals surface area contributed by atoms with E-state index in [1.165, 1.54) is 18.6 Å². The second-order valence-corrected chi connectivity index (χ2v) is 6.50. The maximum atomic E-state index is 13.1. The van der Waals surface area contributed by atoms with Crippen molar-refractivity contribution in [2.45, 2.75) is 50.6 Å². The number of benzene rings is 1. The van der Waals surface area contributed by atoms with Crippen LogP contribution in [0.3, 0.4) is 0 Å². The highest BCUT2D eigenvalue weighted by Gasteiger charge is 2.33. The number of hydrogen-bond acceptors (Lipinski definition) is 2. The molecule has 3 nitrogen and oxygen atoms in total. The fraction of sp³-hybridized carbons (Fsp3) is 0.588. The van der Waals surface area contributed by atoms with E-state index in [0.29, 0.717) is 5.92 Å². The van der Waals surface area contributed by atoms with Gasteiger partial charge in [-0.25, -0.2) is 4.39 Å². The van der Waals surface area contributed by atoms with Crippen LogP contribution in [0.2, 0.25) is 0 Å². The quantitative estimate of drug-likeness (QED) is 0.891. The molecule has 1 aromatic carbocycles. The molecule has 0 heterocycles. The number of amides is 1. The van der Waals surface area contributed by atoms with E-state index in [9.17, 15) is 9.18 Å². The zero-order valence-electron chi connectivity index (χ0n) is 12.6. The van der Waals surface area contributed by atoms with Gasteiger partial charge in [0.15, 0.2) is 0 Å². The molecule has 0 bridgehead atoms. The number of nitrogens with one attached hydrogen (secondary N) is 1. The Morgan fingerprint density at radius 2 is 1.86 bits per heavy atom. The first-order valence-electron chi connectivity index (χ1n) is 7.95. The fourth-order valence-corrected chi connectivity index (χ4v) is 3.44. The highest BCUT2D eigenvalue weighted by atomic mass is 35.5. The third-order valence-electron chi connectivity index (χ3n) is 4.99. The van der Waals surface area contributed by atoms with Crippen LogP contribution in [-0.4, -0.2) is 11.9 Å². The van der Waals surface area contributed by atoms with Crippen LogP contribution < -0.4 is 11.1 Å². The topological polar surface area (TPSA) is 55.1 Å². The summed E-state index contributed by atoms with van der Waals surface area (Å²) in [5.74, 6) is 0.404. The average Bonchev–Trinajstić information content (AvgIpc) is 2.83. The van der Waals surface area contributed by atoms with Crippen molar-refractivity contribution in [2.24, 2.45) is 17.6 Å². The fourth-order valence-electron chi connectivity index (χ4n) is 3.44. The highest BCUT2D eigenvalue weighted by molar-refractivity contribution is 5.85. The standard InChI is InChI=1S/C17H23FN2O.ClH/c18-14-7-4-12(5-8-14)16(11-2-1-3-11)20-17(21)13-6-9-15(19)10-13;/h4-5,7-8,11,13,15-16H,1-3,6,9-10,19H2,(H,20,21);1H. The molecule has 0 saturated heterocycles. The van der Waals surface area contributed by atoms with Crippen LogP contribution in [0, 0.1) is 17.7 Å². The van der Waals surface area contributed by atoms with E-state index in [-0.39, 0.29) is 42.1 Å². The minimum Gasteiger partial charge on any atom is -0.349 e. The lowest BCUT2D eigenvalue weighted by molar-refractivity contribution is -0.126. The Bertz CT molecular complexity index is 504. The van der Waals surface area contributed by atoms with E-state index >= 15 is 0 Å². The van der Waals surface area contributed by atoms with Crippen LogP contribution in [0.4, 0.5) is 4.39 Å². The van der Waals surface area contributed by atoms with Crippen molar-refractivity contribution in [3.05, 3.63) is 35.6 Å². The van der Waals surface area contributed by atoms with Crippen molar-refractivity contribution >= 4 is 18.3 Å². The SMILES string of the molecule is Cl.NC1CCC(C(=O)NC(c2ccc(F)cc2)C2CCC2)C1. The van der Waals surface area contributed by atoms with E-state index in [2.05, 4.69) is 5.32 Å². The summed E-state index contributed by atoms with van der Waals surface area (Å²) < 4.78 is 13.1. The molecule has 0 spiro atoms. The number of carbonyl (C=O) groups is 1. The summed E-state index contributed by atoms with van der Waals surface area (Å²) in [4.78, 5) is 12.4. The normalized spacial score (nSPS) is 25.9. The molecule has 0 radical (unpaired) electrons. The number of rotatable bonds is 4. The van der Waals surface area contributed by atoms with Gasteiger partial charge in [-0.05, 0) is 55.7 Å². The van der Waals surface area contributed by atoms with Gasteiger partial charge < -0.3 is 11.1 Å². The van der Waals surface area contributed by atoms with Gasteiger partial charge in [0.1, 0.15) is 5.82 Å². The van der Waals surface area contributed by atoms with Gasteiger partial charge in [-0.15, -0.1) is 12.4 Å². The molecule has 2 fully saturated rings. The Hall–Kier alpha value is -1.13. The summed E-state index contributed by atoms with van der Waals surface area (Å²) in [5, 5.41) is 3.20. The molecule has 0 aromatic heterocycles. The zero-order chi connectivity index (χ0) is 14.8. The molecular formula is C17H24ClFN2O. The van der Waals surface area contributed by atoms with Crippen molar-refractivity contribution in [2.75, 3.05) is 0 Å². The number of nitrogens with two attached hydrogens (primary N) is 1. The van der Waals surface area contributed by atoms with Gasteiger partial charge in [-0.2, -0.15) is 0 Å². The molecule has 3 N–H and O–H groups in total. The van der Waals surface area contributed by atoms with Crippen molar-refractivity contribution in [1.82, 2.24) is 5.32 Å². The Kier molecular flexibility index (Phi) is 5.81. The monoisotopic (exact) mass is 326 g/mol. The van der Waals surface area contributed by atoms with Crippen LogP contribution >= 0.6 is 12.4 Å². The van der Waals surface area contributed by atoms with Crippen LogP contribution in [0.5, 0.6) is 0 Å². The lowest BCUT2D eigenvalue weighted by Gasteiger charge is -2.35. The Balaban J connectivity index is 0.00000176. The molecule has 1 amide bonds. The maximum Gasteiger partial charge on any atom is 0.223 e. The lowest BCUT2D eigenvalue weighted by atomic mass is 9.77. The van der Waals surface area contributed by atoms with E-state index < -0.39 is 0 Å². The first-order chi connectivity index (χ1) is 10.1. The van der Waals surface area contributed by atoms with Crippen LogP contribution in [-0.2, 0) is 4.79 Å². The predicted molar refractivity (Wildman–Crippen MR) is 87.2 cm³/mol. The Morgan fingerprint density at radius 1 is 1.18 bits per heavy atom. The maximum absolute atomic E-state index is 13.1. The van der Waals surface area contributed by atoms with Crippen LogP contribution in [0.1, 0.15) is 50.1 Å². The van der Waals surface area contributed by atoms with Gasteiger partial charge in [0, 0.05) is 12.0 Å². The molecule has 2 saturated carbocycles. The van der Waals surface area contributed by atoms with Gasteiger partial charge in [0.25, 0.3) is 0 Å². The lowest BCUT2D eigenvalue weighted by Crippen LogP contribution is -2.39. The minimum atomic E-state index is -0.237. The smallest absolute Gasteiger partial charge is 0.223 e. The molecule has 5 heteroatoms. The van der Waals surface area contributed by atoms with Crippen LogP contribution in [0.25, 0.3) is 0 Å². The summed E-state index contributed by atoms with van der Waals surface area (Å²) in [6.45, 7) is 0. The van der Waals surface area contributed by atoms with Gasteiger partial charge in [-0.3, -0.25) is 4.79 Å². The summed E-state index contributed by atoms with van der Waals surface area (Å²) in [6.07, 6.45) is 6.08. The molecule has 122 valence electrons. The summed E-state index contributed by atoms with van der Waals surface area (Å²) in [7, 11) is 0. The second kappa shape index (κ2) is 7.42. The Labute approximate surface area is 137 Å². The molecule has 2 aliphatic rings. The van der Waals surface area contributed by atoms with Crippen molar-refractivity contribution in [3.63, 3.8) is 0 Å². The van der Waals surface area contributed by atoms with Gasteiger partial charge in [0.2, 0.25) is 5.91 Å². The third-order valence-corrected chi connectivity index (χ3v) is 4.99. The van der Waals surface area contributed by atoms with E-state index in [1.807, 2.05) is 0 Å². The van der Waals surface area contributed by atoms with Crippen molar-refractivity contribution < 1.29 is 9.18 Å². The second-order valence-electron chi connectivity index (χ2n) is 6.50. The number of hydrogen-bond donors (Lipinski definition) is 2. The largest absolute Gasteiger partial charge is 0.349 e. The Morgan fingerprint density at radius 3 is 2.36 bits per heavy atom. The number of halogens is 2. The molecule has 3 unspecified atom stereocenters. The molecule has 3 atom stereocenters. The van der Waals surface area contributed by atoms with E-state index in [1.54, 1.807) is 12.1 Å². The predicted octanol–water partition coefficient (Wildman–Crippen LogP) is 3.33. The summed E-state index contributed by atoms with van der Waals surface area (Å²) >= 11 is 0. The minimum absolute atomic E-state index is 0. The summed E-state index contributed by atoms with van der Waals surface area (Å²) in [6, 6.07) is 6.70. The molecule has 22 heavy (non-hydrogen) atoms. The highest BCUT2D eigenvalue weighted by Crippen LogP contribution is 2.38. The first-order valence-corrected chi connectivity index (χ1v) is 7.95. The first kappa shape index (κ1) is 17.2. The molecular weight excluding hydrogens is 303 g/mol. The molecule has 1 aromatic rings. The average molecular weight is 327 g/mol. The molecule has 2 aliphatic carbocycles. The van der Waals surface area contributed by atoms with Crippen molar-refractivity contribution in [1.29, 1.82) is 0 Å².